The predicted molar refractivity (Wildman–Crippen MR) is 460 cm³/mol. The van der Waals surface area contributed by atoms with E-state index in [0.717, 1.165) is 155 Å². The highest BCUT2D eigenvalue weighted by Gasteiger charge is 2.24. The van der Waals surface area contributed by atoms with E-state index in [4.69, 9.17) is 47.6 Å². The van der Waals surface area contributed by atoms with Crippen LogP contribution in [0.5, 0.6) is 0 Å². The Hall–Kier alpha value is -15.7. The zero-order valence-corrected chi connectivity index (χ0v) is 60.7. The summed E-state index contributed by atoms with van der Waals surface area (Å²) in [6.45, 7) is 0. The quantitative estimate of drug-likeness (QED) is 0.123. The third-order valence-corrected chi connectivity index (χ3v) is 22.6. The normalized spacial score (nSPS) is 12.0. The summed E-state index contributed by atoms with van der Waals surface area (Å²) in [7, 11) is 0. The monoisotopic (exact) mass is 1460 g/mol. The molecular formula is C102H58N8O4. The van der Waals surface area contributed by atoms with Gasteiger partial charge >= 0.3 is 0 Å². The maximum atomic E-state index is 6.79. The first-order valence-corrected chi connectivity index (χ1v) is 38.1. The average Bonchev–Trinajstić information content (AvgIpc) is 1.58. The minimum atomic E-state index is 0.519. The SMILES string of the molecule is c1ccc(-c2ccc3c(c2)c2ccccc2n3-c2ccc3c(c2)oc2cc4oc5cc(-c6nc(-c7ccccc7)nc(-c7cccc(-c8ccc(-c9nc(-c%10ccccc%10)nc(-c%10ccc%11c(c%10)oc%10cc%12c(cc%10%11)oc%10cc(-n%11c%13ccccc%13c%13ccc(-c%14ccccc%14)cc%13%11)ccc%10%12)n9)cc8)c7)n6)ccc5c4cc23)cc1. The van der Waals surface area contributed by atoms with Crippen molar-refractivity contribution < 1.29 is 17.7 Å². The van der Waals surface area contributed by atoms with Crippen LogP contribution in [0.15, 0.2) is 370 Å². The number of fused-ring (bicyclic) bond motifs is 18. The third-order valence-electron chi connectivity index (χ3n) is 22.6. The topological polar surface area (TPSA) is 140 Å². The van der Waals surface area contributed by atoms with Gasteiger partial charge in [0, 0.05) is 128 Å². The van der Waals surface area contributed by atoms with Gasteiger partial charge < -0.3 is 26.8 Å². The zero-order chi connectivity index (χ0) is 74.6. The van der Waals surface area contributed by atoms with Crippen molar-refractivity contribution in [3.63, 3.8) is 0 Å². The lowest BCUT2D eigenvalue weighted by Crippen LogP contribution is -2.00. The molecule has 0 atom stereocenters. The van der Waals surface area contributed by atoms with Gasteiger partial charge in [0.25, 0.3) is 0 Å². The van der Waals surface area contributed by atoms with Crippen LogP contribution < -0.4 is 0 Å². The van der Waals surface area contributed by atoms with Crippen LogP contribution in [0, 0.1) is 0 Å². The van der Waals surface area contributed by atoms with E-state index in [2.05, 4.69) is 270 Å². The summed E-state index contributed by atoms with van der Waals surface area (Å²) in [5, 5.41) is 12.7. The minimum Gasteiger partial charge on any atom is -0.456 e. The maximum absolute atomic E-state index is 6.79. The van der Waals surface area contributed by atoms with Crippen LogP contribution in [0.25, 0.3) is 244 Å². The first-order valence-electron chi connectivity index (χ1n) is 38.1. The largest absolute Gasteiger partial charge is 0.456 e. The molecule has 8 heterocycles. The fourth-order valence-corrected chi connectivity index (χ4v) is 17.1. The van der Waals surface area contributed by atoms with Gasteiger partial charge in [-0.2, -0.15) is 0 Å². The fraction of sp³-hybridized carbons (Fsp3) is 0. The van der Waals surface area contributed by atoms with Gasteiger partial charge in [-0.1, -0.05) is 231 Å². The van der Waals surface area contributed by atoms with Gasteiger partial charge in [0.15, 0.2) is 34.9 Å². The van der Waals surface area contributed by atoms with E-state index in [0.29, 0.717) is 46.1 Å². The Morgan fingerprint density at radius 3 is 0.965 bits per heavy atom. The Labute approximate surface area is 649 Å². The van der Waals surface area contributed by atoms with Crippen molar-refractivity contribution in [3.05, 3.63) is 352 Å². The molecule has 12 nitrogen and oxygen atoms in total. The zero-order valence-electron chi connectivity index (χ0n) is 60.7. The molecule has 0 aliphatic carbocycles. The second-order valence-corrected chi connectivity index (χ2v) is 29.3. The van der Waals surface area contributed by atoms with Gasteiger partial charge in [-0.05, 0) is 137 Å². The van der Waals surface area contributed by atoms with Crippen molar-refractivity contribution in [2.24, 2.45) is 0 Å². The lowest BCUT2D eigenvalue weighted by atomic mass is 10.0. The first-order chi connectivity index (χ1) is 56.4. The first kappa shape index (κ1) is 63.3. The molecule has 24 aromatic rings. The molecule has 0 aliphatic heterocycles. The summed E-state index contributed by atoms with van der Waals surface area (Å²) in [4.78, 5) is 30.9. The molecule has 0 bridgehead atoms. The number of aromatic nitrogens is 8. The van der Waals surface area contributed by atoms with Crippen molar-refractivity contribution in [2.45, 2.75) is 0 Å². The molecule has 16 aromatic carbocycles. The molecule has 0 saturated heterocycles. The fourth-order valence-electron chi connectivity index (χ4n) is 17.1. The molecule has 24 rings (SSSR count). The Kier molecular flexibility index (Phi) is 13.8. The summed E-state index contributed by atoms with van der Waals surface area (Å²) in [6, 6.07) is 122. The molecule has 0 fully saturated rings. The molecule has 12 heteroatoms. The molecule has 8 aromatic heterocycles. The lowest BCUT2D eigenvalue weighted by Gasteiger charge is -2.11. The number of nitrogens with zero attached hydrogens (tertiary/aromatic N) is 8. The molecule has 530 valence electrons. The van der Waals surface area contributed by atoms with E-state index in [1.165, 1.54) is 43.8 Å². The van der Waals surface area contributed by atoms with Crippen LogP contribution in [0.3, 0.4) is 0 Å². The summed E-state index contributed by atoms with van der Waals surface area (Å²) in [6.07, 6.45) is 0. The van der Waals surface area contributed by atoms with E-state index in [9.17, 15) is 0 Å². The summed E-state index contributed by atoms with van der Waals surface area (Å²) in [5.41, 5.74) is 24.3. The third kappa shape index (κ3) is 10.2. The van der Waals surface area contributed by atoms with Crippen molar-refractivity contribution in [1.29, 1.82) is 0 Å². The van der Waals surface area contributed by atoms with Crippen molar-refractivity contribution >= 4 is 131 Å². The Bertz CT molecular complexity index is 8100. The molecule has 0 aliphatic rings. The number of para-hydroxylation sites is 2. The van der Waals surface area contributed by atoms with Gasteiger partial charge in [0.1, 0.15) is 44.7 Å². The Morgan fingerprint density at radius 1 is 0.149 bits per heavy atom. The second-order valence-electron chi connectivity index (χ2n) is 29.3. The van der Waals surface area contributed by atoms with Gasteiger partial charge in [-0.25, -0.2) is 29.9 Å². The number of rotatable bonds is 11. The van der Waals surface area contributed by atoms with E-state index in [-0.39, 0.29) is 0 Å². The standard InChI is InChI=1S/C102H58N8O4/c1-5-18-59(19-6-1)66-39-47-87-80(49-66)74-29-14-16-31-86(74)109(87)71-40-45-78-82-55-81-76-43-37-70(51-89(76)112-95(81)58-96(82)114-91(78)53-71)102-106-98(63-24-11-4-12-25-63)104-100(108-102)68-27-17-26-65(48-68)61-32-34-64(35-33-61)99-103-97(62-22-9-3-10-23-62)105-101(107-99)69-38-44-77-83-56-94-84(57-93(83)111-90(77)52-69)79-46-41-72(54-92(79)113-94)110-85-30-15-13-28-73(85)75-42-36-67(50-88(75)110)60-20-7-2-8-21-60/h1-58H. The van der Waals surface area contributed by atoms with Crippen LogP contribution in [0.2, 0.25) is 0 Å². The lowest BCUT2D eigenvalue weighted by molar-refractivity contribution is 0.656. The van der Waals surface area contributed by atoms with Crippen LogP contribution in [-0.2, 0) is 0 Å². The molecule has 0 unspecified atom stereocenters. The van der Waals surface area contributed by atoms with Gasteiger partial charge in [0.05, 0.1) is 22.1 Å². The highest BCUT2D eigenvalue weighted by atomic mass is 16.3. The molecule has 0 N–H and O–H groups in total. The second kappa shape index (κ2) is 24.9. The maximum Gasteiger partial charge on any atom is 0.164 e. The molecule has 114 heavy (non-hydrogen) atoms. The van der Waals surface area contributed by atoms with Crippen LogP contribution in [0.4, 0.5) is 0 Å². The number of hydrogen-bond acceptors (Lipinski definition) is 10. The van der Waals surface area contributed by atoms with Gasteiger partial charge in [-0.3, -0.25) is 0 Å². The van der Waals surface area contributed by atoms with Crippen molar-refractivity contribution in [3.8, 4) is 113 Å². The van der Waals surface area contributed by atoms with Crippen LogP contribution in [-0.4, -0.2) is 39.0 Å². The summed E-state index contributed by atoms with van der Waals surface area (Å²) in [5.74, 6) is 3.22. The molecule has 0 saturated carbocycles. The van der Waals surface area contributed by atoms with Gasteiger partial charge in [-0.15, -0.1) is 0 Å². The summed E-state index contributed by atoms with van der Waals surface area (Å²) < 4.78 is 31.7. The van der Waals surface area contributed by atoms with Gasteiger partial charge in [0.2, 0.25) is 0 Å². The average molecular weight is 1460 g/mol. The Morgan fingerprint density at radius 2 is 0.447 bits per heavy atom. The van der Waals surface area contributed by atoms with E-state index < -0.39 is 0 Å². The minimum absolute atomic E-state index is 0.519. The highest BCUT2D eigenvalue weighted by molar-refractivity contribution is 6.18. The van der Waals surface area contributed by atoms with Crippen LogP contribution in [0.1, 0.15) is 0 Å². The van der Waals surface area contributed by atoms with E-state index in [1.807, 2.05) is 91.0 Å². The number of furan rings is 4. The van der Waals surface area contributed by atoms with E-state index >= 15 is 0 Å². The van der Waals surface area contributed by atoms with Crippen LogP contribution >= 0.6 is 0 Å². The number of hydrogen-bond donors (Lipinski definition) is 0. The smallest absolute Gasteiger partial charge is 0.164 e. The molecule has 0 spiro atoms. The molecular weight excluding hydrogens is 1400 g/mol. The predicted octanol–water partition coefficient (Wildman–Crippen LogP) is 26.9. The van der Waals surface area contributed by atoms with Crippen molar-refractivity contribution in [1.82, 2.24) is 39.0 Å². The van der Waals surface area contributed by atoms with E-state index in [1.54, 1.807) is 0 Å². The molecule has 0 radical (unpaired) electrons. The van der Waals surface area contributed by atoms with Crippen molar-refractivity contribution in [2.75, 3.05) is 0 Å². The Balaban J connectivity index is 0.530. The summed E-state index contributed by atoms with van der Waals surface area (Å²) >= 11 is 0. The number of benzene rings is 16. The molecule has 0 amide bonds. The highest BCUT2D eigenvalue weighted by Crippen LogP contribution is 2.45.